The van der Waals surface area contributed by atoms with Crippen molar-refractivity contribution >= 4 is 41.0 Å². The smallest absolute Gasteiger partial charge is 0.265 e. The molecule has 0 fully saturated rings. The summed E-state index contributed by atoms with van der Waals surface area (Å²) in [5, 5.41) is 7.15. The molecule has 9 heteroatoms. The quantitative estimate of drug-likeness (QED) is 0.523. The highest BCUT2D eigenvalue weighted by atomic mass is 35.5. The van der Waals surface area contributed by atoms with Gasteiger partial charge in [-0.15, -0.1) is 0 Å². The summed E-state index contributed by atoms with van der Waals surface area (Å²) in [6.45, 7) is -0.277. The number of nitrogens with one attached hydrogen (secondary N) is 1. The van der Waals surface area contributed by atoms with Gasteiger partial charge in [-0.3, -0.25) is 4.79 Å². The molecule has 2 aromatic carbocycles. The number of hydrogen-bond donors (Lipinski definition) is 1. The second-order valence-electron chi connectivity index (χ2n) is 5.14. The van der Waals surface area contributed by atoms with Gasteiger partial charge in [0.25, 0.3) is 5.91 Å². The van der Waals surface area contributed by atoms with Crippen LogP contribution in [-0.4, -0.2) is 40.1 Å². The van der Waals surface area contributed by atoms with Gasteiger partial charge in [0.15, 0.2) is 18.1 Å². The minimum atomic E-state index is -0.390. The van der Waals surface area contributed by atoms with Crippen molar-refractivity contribution in [2.75, 3.05) is 33.3 Å². The zero-order valence-corrected chi connectivity index (χ0v) is 16.4. The Labute approximate surface area is 166 Å². The van der Waals surface area contributed by atoms with Crippen molar-refractivity contribution in [3.63, 3.8) is 0 Å². The molecule has 0 saturated carbocycles. The van der Waals surface area contributed by atoms with Crippen molar-refractivity contribution in [1.82, 2.24) is 0 Å². The van der Waals surface area contributed by atoms with Crippen molar-refractivity contribution in [2.45, 2.75) is 0 Å². The molecule has 144 valence electrons. The highest BCUT2D eigenvalue weighted by Gasteiger charge is 2.10. The van der Waals surface area contributed by atoms with Crippen LogP contribution in [0.3, 0.4) is 0 Å². The van der Waals surface area contributed by atoms with Crippen molar-refractivity contribution in [3.05, 3.63) is 45.9 Å². The maximum Gasteiger partial charge on any atom is 0.265 e. The van der Waals surface area contributed by atoms with Crippen molar-refractivity contribution in [2.24, 2.45) is 5.16 Å². The normalized spacial score (nSPS) is 10.6. The number of methoxy groups -OCH3 is 3. The Kier molecular flexibility index (Phi) is 7.57. The van der Waals surface area contributed by atoms with Crippen LogP contribution in [0.4, 0.5) is 5.69 Å². The first-order chi connectivity index (χ1) is 13.0. The van der Waals surface area contributed by atoms with Crippen LogP contribution in [0.5, 0.6) is 17.2 Å². The Morgan fingerprint density at radius 3 is 2.41 bits per heavy atom. The van der Waals surface area contributed by atoms with E-state index in [2.05, 4.69) is 10.5 Å². The number of ether oxygens (including phenoxy) is 3. The van der Waals surface area contributed by atoms with Gasteiger partial charge in [-0.1, -0.05) is 28.4 Å². The molecule has 2 aromatic rings. The molecule has 2 rings (SSSR count). The Hall–Kier alpha value is -2.64. The molecule has 7 nitrogen and oxygen atoms in total. The van der Waals surface area contributed by atoms with Crippen molar-refractivity contribution in [3.8, 4) is 17.2 Å². The maximum absolute atomic E-state index is 11.9. The first-order valence-electron chi connectivity index (χ1n) is 7.68. The summed E-state index contributed by atoms with van der Waals surface area (Å²) in [7, 11) is 4.51. The van der Waals surface area contributed by atoms with Crippen LogP contribution in [0.25, 0.3) is 0 Å². The van der Waals surface area contributed by atoms with Gasteiger partial charge in [0.05, 0.1) is 37.6 Å². The standard InChI is InChI=1S/C18H18Cl2N2O5/c1-24-15-5-4-12(8-13(15)19)22-17(23)10-27-21-9-11-6-14(20)18(26-3)16(7-11)25-2/h4-9H,10H2,1-3H3,(H,22,23)/b21-9+. The largest absolute Gasteiger partial charge is 0.495 e. The van der Waals surface area contributed by atoms with E-state index in [-0.39, 0.29) is 6.61 Å². The number of amides is 1. The number of anilines is 1. The van der Waals surface area contributed by atoms with Gasteiger partial charge in [-0.05, 0) is 30.3 Å². The molecule has 27 heavy (non-hydrogen) atoms. The Balaban J connectivity index is 1.91. The predicted octanol–water partition coefficient (Wildman–Crippen LogP) is 4.01. The maximum atomic E-state index is 11.9. The van der Waals surface area contributed by atoms with E-state index < -0.39 is 5.91 Å². The molecular weight excluding hydrogens is 395 g/mol. The first kappa shape index (κ1) is 20.7. The SMILES string of the molecule is COc1ccc(NC(=O)CO/N=C/c2cc(Cl)c(OC)c(OC)c2)cc1Cl. The lowest BCUT2D eigenvalue weighted by molar-refractivity contribution is -0.120. The van der Waals surface area contributed by atoms with Gasteiger partial charge < -0.3 is 24.4 Å². The van der Waals surface area contributed by atoms with E-state index in [1.54, 1.807) is 30.3 Å². The van der Waals surface area contributed by atoms with E-state index in [0.29, 0.717) is 38.5 Å². The number of carbonyl (C=O) groups is 1. The second kappa shape index (κ2) is 9.89. The monoisotopic (exact) mass is 412 g/mol. The van der Waals surface area contributed by atoms with Crippen LogP contribution in [0.1, 0.15) is 5.56 Å². The van der Waals surface area contributed by atoms with Gasteiger partial charge in [0.1, 0.15) is 5.75 Å². The highest BCUT2D eigenvalue weighted by molar-refractivity contribution is 6.32. The Morgan fingerprint density at radius 1 is 1.04 bits per heavy atom. The van der Waals surface area contributed by atoms with Crippen molar-refractivity contribution < 1.29 is 23.8 Å². The summed E-state index contributed by atoms with van der Waals surface area (Å²) < 4.78 is 15.4. The third kappa shape index (κ3) is 5.67. The zero-order chi connectivity index (χ0) is 19.8. The van der Waals surface area contributed by atoms with Gasteiger partial charge in [-0.25, -0.2) is 0 Å². The van der Waals surface area contributed by atoms with Gasteiger partial charge >= 0.3 is 0 Å². The summed E-state index contributed by atoms with van der Waals surface area (Å²) in [6.07, 6.45) is 1.41. The van der Waals surface area contributed by atoms with E-state index in [1.807, 2.05) is 0 Å². The minimum absolute atomic E-state index is 0.277. The molecular formula is C18H18Cl2N2O5. The van der Waals surface area contributed by atoms with Crippen LogP contribution >= 0.6 is 23.2 Å². The molecule has 0 bridgehead atoms. The topological polar surface area (TPSA) is 78.4 Å². The van der Waals surface area contributed by atoms with E-state index in [9.17, 15) is 4.79 Å². The first-order valence-corrected chi connectivity index (χ1v) is 8.44. The molecule has 0 aliphatic carbocycles. The molecule has 0 atom stereocenters. The van der Waals surface area contributed by atoms with Crippen LogP contribution in [0, 0.1) is 0 Å². The van der Waals surface area contributed by atoms with Gasteiger partial charge in [0.2, 0.25) is 0 Å². The third-order valence-electron chi connectivity index (χ3n) is 3.36. The third-order valence-corrected chi connectivity index (χ3v) is 3.94. The van der Waals surface area contributed by atoms with Gasteiger partial charge in [-0.2, -0.15) is 0 Å². The fraction of sp³-hybridized carbons (Fsp3) is 0.222. The molecule has 0 saturated heterocycles. The number of oxime groups is 1. The summed E-state index contributed by atoms with van der Waals surface area (Å²) in [4.78, 5) is 16.9. The molecule has 1 N–H and O–H groups in total. The molecule has 0 heterocycles. The van der Waals surface area contributed by atoms with Crippen LogP contribution in [0.2, 0.25) is 10.0 Å². The average molecular weight is 413 g/mol. The van der Waals surface area contributed by atoms with Crippen molar-refractivity contribution in [1.29, 1.82) is 0 Å². The molecule has 0 aromatic heterocycles. The number of carbonyl (C=O) groups excluding carboxylic acids is 1. The lowest BCUT2D eigenvalue weighted by atomic mass is 10.2. The molecule has 0 spiro atoms. The van der Waals surface area contributed by atoms with E-state index in [1.165, 1.54) is 27.5 Å². The molecule has 0 radical (unpaired) electrons. The minimum Gasteiger partial charge on any atom is -0.495 e. The van der Waals surface area contributed by atoms with Gasteiger partial charge in [0, 0.05) is 11.3 Å². The highest BCUT2D eigenvalue weighted by Crippen LogP contribution is 2.35. The lowest BCUT2D eigenvalue weighted by Crippen LogP contribution is -2.16. The summed E-state index contributed by atoms with van der Waals surface area (Å²) in [6, 6.07) is 8.20. The van der Waals surface area contributed by atoms with Crippen LogP contribution in [-0.2, 0) is 9.63 Å². The number of hydrogen-bond acceptors (Lipinski definition) is 6. The predicted molar refractivity (Wildman–Crippen MR) is 105 cm³/mol. The zero-order valence-electron chi connectivity index (χ0n) is 14.9. The fourth-order valence-electron chi connectivity index (χ4n) is 2.15. The van der Waals surface area contributed by atoms with Crippen LogP contribution in [0.15, 0.2) is 35.5 Å². The number of rotatable bonds is 8. The number of nitrogens with zero attached hydrogens (tertiary/aromatic N) is 1. The van der Waals surface area contributed by atoms with E-state index in [0.717, 1.165) is 0 Å². The Bertz CT molecular complexity index is 843. The number of halogens is 2. The van der Waals surface area contributed by atoms with Crippen LogP contribution < -0.4 is 19.5 Å². The Morgan fingerprint density at radius 2 is 1.78 bits per heavy atom. The van der Waals surface area contributed by atoms with E-state index in [4.69, 9.17) is 42.3 Å². The second-order valence-corrected chi connectivity index (χ2v) is 5.96. The van der Waals surface area contributed by atoms with E-state index >= 15 is 0 Å². The fourth-order valence-corrected chi connectivity index (χ4v) is 2.70. The molecule has 1 amide bonds. The average Bonchev–Trinajstić information content (AvgIpc) is 2.65. The summed E-state index contributed by atoms with van der Waals surface area (Å²) >= 11 is 12.1. The summed E-state index contributed by atoms with van der Waals surface area (Å²) in [5.41, 5.74) is 1.14. The molecule has 0 aliphatic heterocycles. The molecule has 0 unspecified atom stereocenters. The number of benzene rings is 2. The molecule has 0 aliphatic rings. The summed E-state index contributed by atoms with van der Waals surface area (Å²) in [5.74, 6) is 1.01. The lowest BCUT2D eigenvalue weighted by Gasteiger charge is -2.10.